The third-order valence-electron chi connectivity index (χ3n) is 6.73. The summed E-state index contributed by atoms with van der Waals surface area (Å²) in [4.78, 5) is 2.91. The topological polar surface area (TPSA) is 3.24 Å². The maximum absolute atomic E-state index is 2.91. The van der Waals surface area contributed by atoms with E-state index >= 15 is 0 Å². The van der Waals surface area contributed by atoms with Gasteiger partial charge in [0.2, 0.25) is 0 Å². The highest BCUT2D eigenvalue weighted by atomic mass is 15.2. The Bertz CT molecular complexity index is 305. The first kappa shape index (κ1) is 28.0. The highest BCUT2D eigenvalue weighted by Crippen LogP contribution is 2.33. The first-order valence-corrected chi connectivity index (χ1v) is 13.1. The summed E-state index contributed by atoms with van der Waals surface area (Å²) in [6.07, 6.45) is 23.6. The molecule has 0 aromatic heterocycles. The highest BCUT2D eigenvalue weighted by Gasteiger charge is 2.36. The number of rotatable bonds is 20. The summed E-state index contributed by atoms with van der Waals surface area (Å²) < 4.78 is 0. The monoisotopic (exact) mass is 395 g/mol. The van der Waals surface area contributed by atoms with Crippen LogP contribution in [0, 0.1) is 0 Å². The molecule has 170 valence electrons. The summed E-state index contributed by atoms with van der Waals surface area (Å²) >= 11 is 0. The lowest BCUT2D eigenvalue weighted by atomic mass is 9.85. The van der Waals surface area contributed by atoms with Crippen LogP contribution in [0.4, 0.5) is 0 Å². The molecule has 0 atom stereocenters. The van der Waals surface area contributed by atoms with Crippen LogP contribution in [0.15, 0.2) is 0 Å². The molecular weight excluding hydrogens is 338 g/mol. The first-order chi connectivity index (χ1) is 13.3. The molecule has 0 unspecified atom stereocenters. The Morgan fingerprint density at radius 3 is 1.11 bits per heavy atom. The molecule has 0 saturated heterocycles. The first-order valence-electron chi connectivity index (χ1n) is 13.1. The number of hydrogen-bond acceptors (Lipinski definition) is 1. The van der Waals surface area contributed by atoms with Gasteiger partial charge in [-0.3, -0.25) is 4.90 Å². The Hall–Kier alpha value is -0.0400. The second kappa shape index (κ2) is 16.7. The summed E-state index contributed by atoms with van der Waals surface area (Å²) in [5.74, 6) is 0. The van der Waals surface area contributed by atoms with Gasteiger partial charge in [0, 0.05) is 11.1 Å². The van der Waals surface area contributed by atoms with Gasteiger partial charge in [-0.2, -0.15) is 0 Å². The molecule has 0 aliphatic heterocycles. The lowest BCUT2D eigenvalue weighted by Crippen LogP contribution is -2.55. The van der Waals surface area contributed by atoms with Gasteiger partial charge in [-0.05, 0) is 53.5 Å². The minimum atomic E-state index is 0.323. The van der Waals surface area contributed by atoms with Crippen molar-refractivity contribution >= 4 is 0 Å². The zero-order valence-corrected chi connectivity index (χ0v) is 21.2. The fourth-order valence-corrected chi connectivity index (χ4v) is 4.89. The van der Waals surface area contributed by atoms with Crippen LogP contribution in [-0.2, 0) is 0 Å². The van der Waals surface area contributed by atoms with Crippen molar-refractivity contribution in [1.29, 1.82) is 0 Å². The van der Waals surface area contributed by atoms with Crippen molar-refractivity contribution in [3.05, 3.63) is 0 Å². The fourth-order valence-electron chi connectivity index (χ4n) is 4.89. The zero-order valence-electron chi connectivity index (χ0n) is 21.2. The number of unbranched alkanes of at least 4 members (excludes halogenated alkanes) is 12. The predicted octanol–water partition coefficient (Wildman–Crippen LogP) is 9.54. The molecule has 1 nitrogen and oxygen atoms in total. The highest BCUT2D eigenvalue weighted by molar-refractivity contribution is 4.92. The number of hydrogen-bond donors (Lipinski definition) is 0. The Balaban J connectivity index is 4.74. The quantitative estimate of drug-likeness (QED) is 0.185. The van der Waals surface area contributed by atoms with E-state index in [4.69, 9.17) is 0 Å². The lowest BCUT2D eigenvalue weighted by Gasteiger charge is -2.49. The van der Waals surface area contributed by atoms with Crippen LogP contribution in [0.25, 0.3) is 0 Å². The Kier molecular flexibility index (Phi) is 16.7. The average molecular weight is 396 g/mol. The van der Waals surface area contributed by atoms with Crippen molar-refractivity contribution in [3.63, 3.8) is 0 Å². The second-order valence-corrected chi connectivity index (χ2v) is 10.5. The molecule has 1 heteroatoms. The molecule has 0 N–H and O–H groups in total. The summed E-state index contributed by atoms with van der Waals surface area (Å²) in [7, 11) is 0. The predicted molar refractivity (Wildman–Crippen MR) is 130 cm³/mol. The van der Waals surface area contributed by atoms with E-state index in [1.54, 1.807) is 0 Å². The van der Waals surface area contributed by atoms with Gasteiger partial charge in [-0.15, -0.1) is 0 Å². The Morgan fingerprint density at radius 2 is 0.750 bits per heavy atom. The van der Waals surface area contributed by atoms with Crippen molar-refractivity contribution in [2.45, 2.75) is 169 Å². The van der Waals surface area contributed by atoms with Crippen LogP contribution in [0.1, 0.15) is 158 Å². The summed E-state index contributed by atoms with van der Waals surface area (Å²) in [5, 5.41) is 0. The molecule has 0 rings (SSSR count). The maximum atomic E-state index is 2.91. The third-order valence-corrected chi connectivity index (χ3v) is 6.73. The van der Waals surface area contributed by atoms with Gasteiger partial charge in [-0.25, -0.2) is 0 Å². The van der Waals surface area contributed by atoms with Crippen molar-refractivity contribution in [2.75, 3.05) is 6.54 Å². The van der Waals surface area contributed by atoms with E-state index in [0.717, 1.165) is 0 Å². The van der Waals surface area contributed by atoms with E-state index in [1.807, 2.05) is 0 Å². The van der Waals surface area contributed by atoms with E-state index in [1.165, 1.54) is 116 Å². The van der Waals surface area contributed by atoms with Crippen LogP contribution >= 0.6 is 0 Å². The summed E-state index contributed by atoms with van der Waals surface area (Å²) in [5.41, 5.74) is 0.647. The van der Waals surface area contributed by atoms with E-state index in [2.05, 4.69) is 53.4 Å². The van der Waals surface area contributed by atoms with Gasteiger partial charge in [-0.1, -0.05) is 111 Å². The van der Waals surface area contributed by atoms with Gasteiger partial charge in [0.1, 0.15) is 0 Å². The molecule has 0 spiro atoms. The fraction of sp³-hybridized carbons (Fsp3) is 1.00. The second-order valence-electron chi connectivity index (χ2n) is 10.5. The normalized spacial score (nSPS) is 12.9. The van der Waals surface area contributed by atoms with Crippen molar-refractivity contribution in [2.24, 2.45) is 0 Å². The lowest BCUT2D eigenvalue weighted by molar-refractivity contribution is 0.00152. The molecule has 28 heavy (non-hydrogen) atoms. The van der Waals surface area contributed by atoms with Crippen molar-refractivity contribution in [1.82, 2.24) is 4.90 Å². The molecule has 0 aliphatic carbocycles. The molecule has 0 amide bonds. The maximum Gasteiger partial charge on any atom is 0.0158 e. The summed E-state index contributed by atoms with van der Waals surface area (Å²) in [6, 6.07) is 0. The van der Waals surface area contributed by atoms with Gasteiger partial charge in [0.15, 0.2) is 0 Å². The molecule has 0 saturated carbocycles. The molecule has 0 aromatic rings. The summed E-state index contributed by atoms with van der Waals surface area (Å²) in [6.45, 7) is 18.3. The zero-order chi connectivity index (χ0) is 21.3. The smallest absolute Gasteiger partial charge is 0.0158 e. The van der Waals surface area contributed by atoms with Crippen LogP contribution in [0.5, 0.6) is 0 Å². The molecule has 0 radical (unpaired) electrons. The standard InChI is InChI=1S/C27H57N/c1-8-11-14-17-20-23-26(4,5)28(25-22-19-16-13-10-3)27(6,7)24-21-18-15-12-9-2/h8-25H2,1-7H3. The number of nitrogens with zero attached hydrogens (tertiary/aromatic N) is 1. The molecule has 0 heterocycles. The third kappa shape index (κ3) is 13.2. The van der Waals surface area contributed by atoms with E-state index in [9.17, 15) is 0 Å². The van der Waals surface area contributed by atoms with Crippen molar-refractivity contribution in [3.8, 4) is 0 Å². The Morgan fingerprint density at radius 1 is 0.429 bits per heavy atom. The van der Waals surface area contributed by atoms with Gasteiger partial charge in [0.25, 0.3) is 0 Å². The largest absolute Gasteiger partial charge is 0.293 e. The van der Waals surface area contributed by atoms with Crippen LogP contribution < -0.4 is 0 Å². The van der Waals surface area contributed by atoms with Crippen LogP contribution in [0.3, 0.4) is 0 Å². The Labute approximate surface area is 180 Å². The van der Waals surface area contributed by atoms with E-state index in [-0.39, 0.29) is 0 Å². The minimum Gasteiger partial charge on any atom is -0.293 e. The van der Waals surface area contributed by atoms with Gasteiger partial charge in [0.05, 0.1) is 0 Å². The van der Waals surface area contributed by atoms with E-state index < -0.39 is 0 Å². The average Bonchev–Trinajstić information content (AvgIpc) is 2.63. The van der Waals surface area contributed by atoms with Crippen molar-refractivity contribution < 1.29 is 0 Å². The van der Waals surface area contributed by atoms with E-state index in [0.29, 0.717) is 11.1 Å². The van der Waals surface area contributed by atoms with Crippen LogP contribution in [0.2, 0.25) is 0 Å². The van der Waals surface area contributed by atoms with Gasteiger partial charge < -0.3 is 0 Å². The minimum absolute atomic E-state index is 0.323. The molecular formula is C27H57N. The van der Waals surface area contributed by atoms with Gasteiger partial charge >= 0.3 is 0 Å². The molecule has 0 fully saturated rings. The SMILES string of the molecule is CCCCCCCN(C(C)(C)CCCCCCC)C(C)(C)CCCCCCC. The van der Waals surface area contributed by atoms with Crippen LogP contribution in [-0.4, -0.2) is 22.5 Å². The molecule has 0 aromatic carbocycles. The molecule has 0 bridgehead atoms. The molecule has 0 aliphatic rings.